The van der Waals surface area contributed by atoms with Gasteiger partial charge in [-0.05, 0) is 29.7 Å². The first-order valence-corrected chi connectivity index (χ1v) is 9.65. The predicted octanol–water partition coefficient (Wildman–Crippen LogP) is 1.80. The topological polar surface area (TPSA) is 113 Å². The molecule has 8 nitrogen and oxygen atoms in total. The van der Waals surface area contributed by atoms with Crippen molar-refractivity contribution in [2.75, 3.05) is 29.5 Å². The molecule has 3 rings (SSSR count). The molecule has 0 unspecified atom stereocenters. The van der Waals surface area contributed by atoms with Crippen molar-refractivity contribution in [3.8, 4) is 0 Å². The number of nitrogens with one attached hydrogen (secondary N) is 2. The minimum Gasteiger partial charge on any atom is -0.383 e. The van der Waals surface area contributed by atoms with Crippen LogP contribution < -0.4 is 27.2 Å². The van der Waals surface area contributed by atoms with Crippen molar-refractivity contribution in [3.05, 3.63) is 86.6 Å². The molecule has 0 atom stereocenters. The van der Waals surface area contributed by atoms with Crippen LogP contribution in [0, 0.1) is 0 Å². The Balaban J connectivity index is 1.79. The molecule has 0 bridgehead atoms. The highest BCUT2D eigenvalue weighted by Crippen LogP contribution is 2.16. The molecular weight excluding hydrogens is 382 g/mol. The van der Waals surface area contributed by atoms with Crippen LogP contribution in [0.25, 0.3) is 0 Å². The van der Waals surface area contributed by atoms with E-state index in [4.69, 9.17) is 5.73 Å². The second kappa shape index (κ2) is 9.13. The summed E-state index contributed by atoms with van der Waals surface area (Å²) >= 11 is 0. The van der Waals surface area contributed by atoms with Gasteiger partial charge in [0.2, 0.25) is 5.91 Å². The zero-order valence-electron chi connectivity index (χ0n) is 17.0. The van der Waals surface area contributed by atoms with Crippen molar-refractivity contribution in [3.63, 3.8) is 0 Å². The Kier molecular flexibility index (Phi) is 6.36. The van der Waals surface area contributed by atoms with E-state index in [0.29, 0.717) is 5.69 Å². The zero-order valence-corrected chi connectivity index (χ0v) is 17.0. The highest BCUT2D eigenvalue weighted by molar-refractivity contribution is 5.94. The summed E-state index contributed by atoms with van der Waals surface area (Å²) in [4.78, 5) is 40.8. The number of benzene rings is 2. The Bertz CT molecular complexity index is 1130. The fraction of sp³-hybridized carbons (Fsp3) is 0.227. The summed E-state index contributed by atoms with van der Waals surface area (Å²) in [5.41, 5.74) is 7.70. The molecule has 0 aliphatic rings. The quantitative estimate of drug-likeness (QED) is 0.553. The molecule has 0 saturated carbocycles. The second-order valence-corrected chi connectivity index (χ2v) is 7.02. The van der Waals surface area contributed by atoms with Crippen LogP contribution in [-0.4, -0.2) is 29.1 Å². The van der Waals surface area contributed by atoms with Crippen LogP contribution >= 0.6 is 0 Å². The largest absolute Gasteiger partial charge is 0.383 e. The number of nitrogen functional groups attached to an aromatic ring is 1. The van der Waals surface area contributed by atoms with Crippen LogP contribution in [0.2, 0.25) is 0 Å². The van der Waals surface area contributed by atoms with Crippen LogP contribution in [0.1, 0.15) is 18.1 Å². The predicted molar refractivity (Wildman–Crippen MR) is 119 cm³/mol. The molecule has 3 aromatic rings. The van der Waals surface area contributed by atoms with Crippen LogP contribution in [-0.2, 0) is 17.8 Å². The lowest BCUT2D eigenvalue weighted by Gasteiger charge is -2.21. The average molecular weight is 407 g/mol. The molecule has 156 valence electrons. The van der Waals surface area contributed by atoms with Gasteiger partial charge in [-0.3, -0.25) is 19.1 Å². The molecule has 0 radical (unpaired) electrons. The molecule has 30 heavy (non-hydrogen) atoms. The van der Waals surface area contributed by atoms with E-state index in [2.05, 4.69) is 17.2 Å². The van der Waals surface area contributed by atoms with Crippen LogP contribution in [0.15, 0.2) is 64.2 Å². The molecule has 1 amide bonds. The van der Waals surface area contributed by atoms with Gasteiger partial charge in [0.25, 0.3) is 5.56 Å². The minimum atomic E-state index is -0.635. The van der Waals surface area contributed by atoms with Crippen molar-refractivity contribution in [1.82, 2.24) is 9.55 Å². The average Bonchev–Trinajstić information content (AvgIpc) is 2.72. The molecule has 8 heteroatoms. The van der Waals surface area contributed by atoms with Gasteiger partial charge in [0.05, 0.1) is 13.1 Å². The number of anilines is 3. The summed E-state index contributed by atoms with van der Waals surface area (Å²) in [5.74, 6) is -0.295. The Labute approximate surface area is 174 Å². The van der Waals surface area contributed by atoms with E-state index in [1.54, 1.807) is 7.05 Å². The molecule has 0 saturated heterocycles. The number of hydrogen-bond donors (Lipinski definition) is 3. The number of aromatic amines is 1. The third-order valence-corrected chi connectivity index (χ3v) is 4.81. The molecule has 0 aliphatic heterocycles. The van der Waals surface area contributed by atoms with Gasteiger partial charge in [-0.2, -0.15) is 0 Å². The first kappa shape index (κ1) is 20.9. The molecule has 2 aromatic carbocycles. The Morgan fingerprint density at radius 2 is 1.73 bits per heavy atom. The fourth-order valence-corrected chi connectivity index (χ4v) is 3.19. The van der Waals surface area contributed by atoms with Crippen LogP contribution in [0.5, 0.6) is 0 Å². The molecule has 1 aromatic heterocycles. The van der Waals surface area contributed by atoms with Crippen molar-refractivity contribution in [2.24, 2.45) is 0 Å². The summed E-state index contributed by atoms with van der Waals surface area (Å²) < 4.78 is 1.28. The highest BCUT2D eigenvalue weighted by atomic mass is 16.2. The van der Waals surface area contributed by atoms with Crippen molar-refractivity contribution in [1.29, 1.82) is 0 Å². The number of rotatable bonds is 7. The minimum absolute atomic E-state index is 0.00945. The fourth-order valence-electron chi connectivity index (χ4n) is 3.19. The third kappa shape index (κ3) is 4.78. The van der Waals surface area contributed by atoms with Crippen LogP contribution in [0.3, 0.4) is 0 Å². The number of carbonyl (C=O) groups is 1. The number of amides is 1. The highest BCUT2D eigenvalue weighted by Gasteiger charge is 2.18. The molecule has 4 N–H and O–H groups in total. The first-order chi connectivity index (χ1) is 14.4. The Morgan fingerprint density at radius 1 is 1.07 bits per heavy atom. The monoisotopic (exact) mass is 407 g/mol. The van der Waals surface area contributed by atoms with E-state index < -0.39 is 11.2 Å². The van der Waals surface area contributed by atoms with E-state index >= 15 is 0 Å². The van der Waals surface area contributed by atoms with Gasteiger partial charge in [0.15, 0.2) is 0 Å². The molecular formula is C22H25N5O3. The van der Waals surface area contributed by atoms with E-state index in [9.17, 15) is 14.4 Å². The summed E-state index contributed by atoms with van der Waals surface area (Å²) in [6.07, 6.45) is 0.914. The third-order valence-electron chi connectivity index (χ3n) is 4.81. The molecule has 0 fully saturated rings. The SMILES string of the molecule is CCc1ccc(NC(=O)CN(C)c2c(N)n(Cc3ccccc3)c(=O)[nH]c2=O)cc1. The normalized spacial score (nSPS) is 10.6. The van der Waals surface area contributed by atoms with Gasteiger partial charge in [-0.1, -0.05) is 49.4 Å². The van der Waals surface area contributed by atoms with Crippen molar-refractivity contribution >= 4 is 23.1 Å². The van der Waals surface area contributed by atoms with E-state index in [-0.39, 0.29) is 30.5 Å². The Hall–Kier alpha value is -3.81. The Morgan fingerprint density at radius 3 is 2.37 bits per heavy atom. The van der Waals surface area contributed by atoms with Gasteiger partial charge in [-0.15, -0.1) is 0 Å². The number of H-pyrrole nitrogens is 1. The lowest BCUT2D eigenvalue weighted by atomic mass is 10.1. The number of nitrogens with zero attached hydrogens (tertiary/aromatic N) is 2. The maximum Gasteiger partial charge on any atom is 0.330 e. The first-order valence-electron chi connectivity index (χ1n) is 9.65. The smallest absolute Gasteiger partial charge is 0.330 e. The van der Waals surface area contributed by atoms with E-state index in [1.807, 2.05) is 54.6 Å². The van der Waals surface area contributed by atoms with Gasteiger partial charge in [0, 0.05) is 12.7 Å². The summed E-state index contributed by atoms with van der Waals surface area (Å²) in [5, 5.41) is 2.80. The van der Waals surface area contributed by atoms with Crippen LogP contribution in [0.4, 0.5) is 17.2 Å². The second-order valence-electron chi connectivity index (χ2n) is 7.02. The number of carbonyl (C=O) groups excluding carboxylic acids is 1. The standard InChI is InChI=1S/C22H25N5O3/c1-3-15-9-11-17(12-10-15)24-18(28)14-26(2)19-20(23)27(22(30)25-21(19)29)13-16-7-5-4-6-8-16/h4-12H,3,13-14,23H2,1-2H3,(H,24,28)(H,25,29,30). The maximum absolute atomic E-state index is 12.4. The summed E-state index contributed by atoms with van der Waals surface area (Å²) in [6, 6.07) is 16.9. The number of hydrogen-bond acceptors (Lipinski definition) is 5. The lowest BCUT2D eigenvalue weighted by Crippen LogP contribution is -2.39. The molecule has 0 spiro atoms. The van der Waals surface area contributed by atoms with Gasteiger partial charge in [-0.25, -0.2) is 4.79 Å². The summed E-state index contributed by atoms with van der Waals surface area (Å²) in [7, 11) is 1.58. The summed E-state index contributed by atoms with van der Waals surface area (Å²) in [6.45, 7) is 2.16. The van der Waals surface area contributed by atoms with Crippen molar-refractivity contribution in [2.45, 2.75) is 19.9 Å². The number of aromatic nitrogens is 2. The number of aryl methyl sites for hydroxylation is 1. The molecule has 0 aliphatic carbocycles. The number of nitrogens with two attached hydrogens (primary N) is 1. The van der Waals surface area contributed by atoms with Gasteiger partial charge in [0.1, 0.15) is 11.5 Å². The van der Waals surface area contributed by atoms with Gasteiger partial charge < -0.3 is 16.0 Å². The lowest BCUT2D eigenvalue weighted by molar-refractivity contribution is -0.114. The number of likely N-dealkylation sites (N-methyl/N-ethyl adjacent to an activating group) is 1. The van der Waals surface area contributed by atoms with E-state index in [1.165, 1.54) is 15.0 Å². The molecule has 1 heterocycles. The van der Waals surface area contributed by atoms with Gasteiger partial charge >= 0.3 is 5.69 Å². The zero-order chi connectivity index (χ0) is 21.7. The van der Waals surface area contributed by atoms with E-state index in [0.717, 1.165) is 12.0 Å². The maximum atomic E-state index is 12.4. The van der Waals surface area contributed by atoms with Crippen molar-refractivity contribution < 1.29 is 4.79 Å².